The van der Waals surface area contributed by atoms with Crippen molar-refractivity contribution >= 4 is 5.70 Å². The molecule has 0 radical (unpaired) electrons. The molecule has 5 aromatic rings. The number of allylic oxidation sites excluding steroid dienone is 1. The van der Waals surface area contributed by atoms with E-state index < -0.39 is 0 Å². The molecular formula is C34H27FN2+2. The van der Waals surface area contributed by atoms with Crippen LogP contribution in [0.15, 0.2) is 122 Å². The highest BCUT2D eigenvalue weighted by molar-refractivity contribution is 5.72. The van der Waals surface area contributed by atoms with Gasteiger partial charge in [-0.2, -0.15) is 9.13 Å². The summed E-state index contributed by atoms with van der Waals surface area (Å²) in [5.74, 6) is 0.0230. The normalized spacial score (nSPS) is 17.7. The second-order valence-corrected chi connectivity index (χ2v) is 10.00. The maximum Gasteiger partial charge on any atom is 0.249 e. The number of nitrogens with zero attached hydrogens (tertiary/aromatic N) is 2. The number of benzene rings is 3. The van der Waals surface area contributed by atoms with Gasteiger partial charge in [-0.3, -0.25) is 0 Å². The van der Waals surface area contributed by atoms with E-state index >= 15 is 0 Å². The lowest BCUT2D eigenvalue weighted by Crippen LogP contribution is -2.53. The lowest BCUT2D eigenvalue weighted by molar-refractivity contribution is -0.727. The van der Waals surface area contributed by atoms with Crippen LogP contribution in [-0.4, -0.2) is 0 Å². The molecule has 2 unspecified atom stereocenters. The number of aryl methyl sites for hydroxylation is 1. The SMILES string of the molecule is C=C1C2C(CCc3cc(F)ccc3-c3cc(-c4ccccc4)cc[n+]31)c1ccccc1-c1cccc[n+]12. The Balaban J connectivity index is 1.49. The molecule has 2 aliphatic heterocycles. The second kappa shape index (κ2) is 8.63. The van der Waals surface area contributed by atoms with Crippen LogP contribution < -0.4 is 9.13 Å². The zero-order valence-electron chi connectivity index (χ0n) is 20.5. The number of pyridine rings is 2. The number of rotatable bonds is 1. The smallest absolute Gasteiger partial charge is 0.207 e. The summed E-state index contributed by atoms with van der Waals surface area (Å²) >= 11 is 0. The van der Waals surface area contributed by atoms with E-state index in [9.17, 15) is 4.39 Å². The quantitative estimate of drug-likeness (QED) is 0.224. The molecule has 2 atom stereocenters. The zero-order valence-corrected chi connectivity index (χ0v) is 20.5. The van der Waals surface area contributed by atoms with Crippen molar-refractivity contribution in [1.82, 2.24) is 0 Å². The van der Waals surface area contributed by atoms with Crippen LogP contribution in [0.2, 0.25) is 0 Å². The highest BCUT2D eigenvalue weighted by Gasteiger charge is 2.46. The molecule has 3 heteroatoms. The molecule has 3 aromatic carbocycles. The van der Waals surface area contributed by atoms with Crippen LogP contribution in [0.4, 0.5) is 4.39 Å². The minimum absolute atomic E-state index is 0.0385. The highest BCUT2D eigenvalue weighted by Crippen LogP contribution is 2.44. The van der Waals surface area contributed by atoms with E-state index in [1.165, 1.54) is 16.8 Å². The average Bonchev–Trinajstić information content (AvgIpc) is 3.00. The molecule has 0 saturated heterocycles. The van der Waals surface area contributed by atoms with Gasteiger partial charge >= 0.3 is 0 Å². The van der Waals surface area contributed by atoms with Crippen molar-refractivity contribution in [2.45, 2.75) is 24.8 Å². The third-order valence-corrected chi connectivity index (χ3v) is 7.99. The number of aromatic nitrogens is 2. The van der Waals surface area contributed by atoms with Gasteiger partial charge in [0, 0.05) is 29.8 Å². The van der Waals surface area contributed by atoms with Gasteiger partial charge in [-0.25, -0.2) is 4.39 Å². The van der Waals surface area contributed by atoms with Crippen LogP contribution >= 0.6 is 0 Å². The first kappa shape index (κ1) is 21.9. The van der Waals surface area contributed by atoms with Crippen LogP contribution in [0.3, 0.4) is 0 Å². The predicted molar refractivity (Wildman–Crippen MR) is 145 cm³/mol. The number of hydrogen-bond donors (Lipinski definition) is 0. The third-order valence-electron chi connectivity index (χ3n) is 7.99. The Morgan fingerprint density at radius 3 is 2.41 bits per heavy atom. The van der Waals surface area contributed by atoms with Gasteiger partial charge in [-0.1, -0.05) is 48.5 Å². The summed E-state index contributed by atoms with van der Waals surface area (Å²) in [5.41, 5.74) is 10.2. The molecule has 0 spiro atoms. The van der Waals surface area contributed by atoms with Crippen molar-refractivity contribution in [3.8, 4) is 33.6 Å². The fourth-order valence-corrected chi connectivity index (χ4v) is 6.29. The molecule has 0 aliphatic carbocycles. The molecule has 0 bridgehead atoms. The molecule has 7 rings (SSSR count). The van der Waals surface area contributed by atoms with Crippen molar-refractivity contribution in [1.29, 1.82) is 0 Å². The van der Waals surface area contributed by atoms with Crippen LogP contribution in [0, 0.1) is 5.82 Å². The fraction of sp³-hybridized carbons (Fsp3) is 0.118. The van der Waals surface area contributed by atoms with Crippen molar-refractivity contribution in [3.05, 3.63) is 139 Å². The Kier molecular flexibility index (Phi) is 5.10. The minimum Gasteiger partial charge on any atom is -0.207 e. The molecule has 2 aromatic heterocycles. The maximum atomic E-state index is 14.6. The summed E-state index contributed by atoms with van der Waals surface area (Å²) in [7, 11) is 0. The number of fused-ring (bicyclic) bond motifs is 9. The molecule has 0 saturated carbocycles. The Hall–Kier alpha value is -4.37. The summed E-state index contributed by atoms with van der Waals surface area (Å²) in [6, 6.07) is 35.2. The first-order valence-corrected chi connectivity index (χ1v) is 12.9. The molecule has 4 heterocycles. The summed E-state index contributed by atoms with van der Waals surface area (Å²) in [6.45, 7) is 4.72. The number of hydrogen-bond acceptors (Lipinski definition) is 0. The van der Waals surface area contributed by atoms with E-state index in [4.69, 9.17) is 6.58 Å². The summed E-state index contributed by atoms with van der Waals surface area (Å²) in [6.07, 6.45) is 6.00. The summed E-state index contributed by atoms with van der Waals surface area (Å²) in [5, 5.41) is 0. The van der Waals surface area contributed by atoms with Gasteiger partial charge in [0.15, 0.2) is 12.4 Å². The van der Waals surface area contributed by atoms with E-state index in [-0.39, 0.29) is 17.8 Å². The topological polar surface area (TPSA) is 7.76 Å². The van der Waals surface area contributed by atoms with Gasteiger partial charge in [0.05, 0.1) is 11.5 Å². The Labute approximate surface area is 216 Å². The molecule has 0 fully saturated rings. The van der Waals surface area contributed by atoms with Gasteiger partial charge in [0.25, 0.3) is 0 Å². The molecule has 178 valence electrons. The molecular weight excluding hydrogens is 455 g/mol. The lowest BCUT2D eigenvalue weighted by Gasteiger charge is -2.29. The molecule has 0 amide bonds. The zero-order chi connectivity index (χ0) is 24.9. The number of halogens is 1. The maximum absolute atomic E-state index is 14.6. The van der Waals surface area contributed by atoms with Gasteiger partial charge < -0.3 is 0 Å². The van der Waals surface area contributed by atoms with E-state index in [1.54, 1.807) is 12.1 Å². The van der Waals surface area contributed by atoms with Crippen LogP contribution in [0.25, 0.3) is 39.3 Å². The Morgan fingerprint density at radius 2 is 1.51 bits per heavy atom. The van der Waals surface area contributed by atoms with Crippen LogP contribution in [0.1, 0.15) is 29.5 Å². The fourth-order valence-electron chi connectivity index (χ4n) is 6.29. The van der Waals surface area contributed by atoms with E-state index in [2.05, 4.69) is 100 Å². The molecule has 0 N–H and O–H groups in total. The van der Waals surface area contributed by atoms with E-state index in [1.807, 2.05) is 12.1 Å². The highest BCUT2D eigenvalue weighted by atomic mass is 19.1. The monoisotopic (exact) mass is 482 g/mol. The first-order chi connectivity index (χ1) is 18.2. The van der Waals surface area contributed by atoms with Crippen molar-refractivity contribution in [2.24, 2.45) is 0 Å². The van der Waals surface area contributed by atoms with Gasteiger partial charge in [0.2, 0.25) is 23.1 Å². The van der Waals surface area contributed by atoms with E-state index in [0.29, 0.717) is 0 Å². The summed E-state index contributed by atoms with van der Waals surface area (Å²) in [4.78, 5) is 0. The minimum atomic E-state index is -0.192. The van der Waals surface area contributed by atoms with Gasteiger partial charge in [0.1, 0.15) is 5.82 Å². The van der Waals surface area contributed by atoms with Gasteiger partial charge in [-0.05, 0) is 72.0 Å². The molecule has 2 nitrogen and oxygen atoms in total. The molecule has 2 aliphatic rings. The average molecular weight is 483 g/mol. The Morgan fingerprint density at radius 1 is 0.703 bits per heavy atom. The van der Waals surface area contributed by atoms with Gasteiger partial charge in [-0.15, -0.1) is 0 Å². The summed E-state index contributed by atoms with van der Waals surface area (Å²) < 4.78 is 19.2. The van der Waals surface area contributed by atoms with Crippen LogP contribution in [-0.2, 0) is 6.42 Å². The third kappa shape index (κ3) is 3.54. The van der Waals surface area contributed by atoms with Crippen molar-refractivity contribution in [3.63, 3.8) is 0 Å². The van der Waals surface area contributed by atoms with Crippen molar-refractivity contribution in [2.75, 3.05) is 0 Å². The largest absolute Gasteiger partial charge is 0.249 e. The van der Waals surface area contributed by atoms with Crippen LogP contribution in [0.5, 0.6) is 0 Å². The standard InChI is InChI=1S/C34H27FN2/c1-23-34-31(29-11-5-6-12-30(29)32-13-7-8-19-37(32)34)16-14-26-21-27(35)15-17-28(26)33-22-25(18-20-36(23)33)24-9-3-2-4-10-24/h2-13,15,17-22,31,34H,1,14,16H2/q+2. The molecule has 37 heavy (non-hydrogen) atoms. The lowest BCUT2D eigenvalue weighted by atomic mass is 9.78. The van der Waals surface area contributed by atoms with Crippen molar-refractivity contribution < 1.29 is 13.5 Å². The predicted octanol–water partition coefficient (Wildman–Crippen LogP) is 7.16. The van der Waals surface area contributed by atoms with E-state index in [0.717, 1.165) is 46.5 Å². The Bertz CT molecular complexity index is 1670. The first-order valence-electron chi connectivity index (χ1n) is 12.9. The second-order valence-electron chi connectivity index (χ2n) is 10.00.